The molecule has 0 saturated heterocycles. The van der Waals surface area contributed by atoms with Crippen LogP contribution in [0.5, 0.6) is 0 Å². The Bertz CT molecular complexity index is 477. The van der Waals surface area contributed by atoms with E-state index in [0.29, 0.717) is 12.4 Å². The highest BCUT2D eigenvalue weighted by Gasteiger charge is 2.14. The molecule has 0 bridgehead atoms. The van der Waals surface area contributed by atoms with Crippen LogP contribution in [0.15, 0.2) is 12.3 Å². The number of nitrogen functional groups attached to an aromatic ring is 1. The van der Waals surface area contributed by atoms with Crippen molar-refractivity contribution in [2.75, 3.05) is 30.7 Å². The van der Waals surface area contributed by atoms with E-state index in [2.05, 4.69) is 15.6 Å². The average Bonchev–Trinajstić information content (AvgIpc) is 2.44. The topological polar surface area (TPSA) is 106 Å². The van der Waals surface area contributed by atoms with Crippen molar-refractivity contribution < 1.29 is 14.3 Å². The van der Waals surface area contributed by atoms with Crippen molar-refractivity contribution in [2.24, 2.45) is 0 Å². The van der Waals surface area contributed by atoms with Gasteiger partial charge in [-0.05, 0) is 19.4 Å². The fraction of sp³-hybridized carbons (Fsp3) is 0.462. The van der Waals surface area contributed by atoms with E-state index in [9.17, 15) is 9.59 Å². The first-order chi connectivity index (χ1) is 9.60. The van der Waals surface area contributed by atoms with Crippen LogP contribution in [-0.2, 0) is 9.53 Å². The number of nitrogens with two attached hydrogens (primary N) is 1. The zero-order valence-electron chi connectivity index (χ0n) is 11.7. The highest BCUT2D eigenvalue weighted by Crippen LogP contribution is 2.20. The molecule has 0 saturated carbocycles. The summed E-state index contributed by atoms with van der Waals surface area (Å²) in [4.78, 5) is 27.1. The smallest absolute Gasteiger partial charge is 0.340 e. The van der Waals surface area contributed by atoms with Crippen molar-refractivity contribution in [1.29, 1.82) is 0 Å². The molecule has 0 aliphatic carbocycles. The zero-order chi connectivity index (χ0) is 15.0. The predicted octanol–water partition coefficient (Wildman–Crippen LogP) is 0.779. The van der Waals surface area contributed by atoms with Crippen LogP contribution in [0.1, 0.15) is 30.6 Å². The van der Waals surface area contributed by atoms with Crippen LogP contribution in [-0.4, -0.2) is 36.6 Å². The Morgan fingerprint density at radius 3 is 2.80 bits per heavy atom. The highest BCUT2D eigenvalue weighted by molar-refractivity contribution is 5.97. The average molecular weight is 280 g/mol. The first-order valence-electron chi connectivity index (χ1n) is 6.52. The number of hydrogen-bond donors (Lipinski definition) is 3. The molecule has 20 heavy (non-hydrogen) atoms. The lowest BCUT2D eigenvalue weighted by atomic mass is 10.2. The number of ether oxygens (including phenoxy) is 1. The maximum absolute atomic E-state index is 11.7. The van der Waals surface area contributed by atoms with Crippen molar-refractivity contribution in [1.82, 2.24) is 10.3 Å². The summed E-state index contributed by atoms with van der Waals surface area (Å²) < 4.78 is 4.89. The lowest BCUT2D eigenvalue weighted by Crippen LogP contribution is -2.30. The van der Waals surface area contributed by atoms with Gasteiger partial charge in [-0.1, -0.05) is 6.92 Å². The van der Waals surface area contributed by atoms with Gasteiger partial charge in [-0.15, -0.1) is 0 Å². The van der Waals surface area contributed by atoms with Gasteiger partial charge in [-0.25, -0.2) is 9.78 Å². The van der Waals surface area contributed by atoms with Crippen LogP contribution in [0, 0.1) is 0 Å². The zero-order valence-corrected chi connectivity index (χ0v) is 11.7. The van der Waals surface area contributed by atoms with Gasteiger partial charge in [-0.2, -0.15) is 0 Å². The molecule has 0 spiro atoms. The summed E-state index contributed by atoms with van der Waals surface area (Å²) in [5.41, 5.74) is 6.25. The van der Waals surface area contributed by atoms with Crippen molar-refractivity contribution in [3.05, 3.63) is 17.8 Å². The van der Waals surface area contributed by atoms with Crippen LogP contribution in [0.4, 0.5) is 11.5 Å². The number of amides is 1. The second-order valence-electron chi connectivity index (χ2n) is 4.04. The normalized spacial score (nSPS) is 9.90. The molecule has 4 N–H and O–H groups in total. The summed E-state index contributed by atoms with van der Waals surface area (Å²) in [6, 6.07) is 1.48. The second kappa shape index (κ2) is 7.98. The number of aromatic nitrogens is 1. The molecule has 110 valence electrons. The highest BCUT2D eigenvalue weighted by atomic mass is 16.5. The number of nitrogens with one attached hydrogen (secondary N) is 2. The molecule has 0 aromatic carbocycles. The number of nitrogens with zero attached hydrogens (tertiary/aromatic N) is 1. The SMILES string of the molecule is CCCNC(=O)CNc1nccc(C(=O)OCC)c1N. The van der Waals surface area contributed by atoms with E-state index in [1.54, 1.807) is 6.92 Å². The molecule has 7 heteroatoms. The van der Waals surface area contributed by atoms with Crippen LogP contribution in [0.25, 0.3) is 0 Å². The summed E-state index contributed by atoms with van der Waals surface area (Å²) in [6.45, 7) is 4.61. The molecule has 1 aromatic heterocycles. The molecule has 1 rings (SSSR count). The molecule has 0 unspecified atom stereocenters. The largest absolute Gasteiger partial charge is 0.462 e. The van der Waals surface area contributed by atoms with Gasteiger partial charge in [0.05, 0.1) is 24.4 Å². The third-order valence-corrected chi connectivity index (χ3v) is 2.47. The van der Waals surface area contributed by atoms with Crippen LogP contribution >= 0.6 is 0 Å². The first-order valence-corrected chi connectivity index (χ1v) is 6.52. The Morgan fingerprint density at radius 2 is 2.15 bits per heavy atom. The molecule has 1 amide bonds. The van der Waals surface area contributed by atoms with E-state index in [-0.39, 0.29) is 30.3 Å². The molecule has 0 atom stereocenters. The lowest BCUT2D eigenvalue weighted by Gasteiger charge is -2.11. The minimum Gasteiger partial charge on any atom is -0.462 e. The Hall–Kier alpha value is -2.31. The molecule has 1 heterocycles. The molecule has 7 nitrogen and oxygen atoms in total. The Labute approximate surface area is 117 Å². The van der Waals surface area contributed by atoms with Gasteiger partial charge in [0.2, 0.25) is 5.91 Å². The van der Waals surface area contributed by atoms with Gasteiger partial charge in [0.25, 0.3) is 0 Å². The maximum Gasteiger partial charge on any atom is 0.340 e. The van der Waals surface area contributed by atoms with Crippen molar-refractivity contribution in [3.63, 3.8) is 0 Å². The number of hydrogen-bond acceptors (Lipinski definition) is 6. The second-order valence-corrected chi connectivity index (χ2v) is 4.04. The summed E-state index contributed by atoms with van der Waals surface area (Å²) in [5.74, 6) is -0.373. The van der Waals surface area contributed by atoms with E-state index < -0.39 is 5.97 Å². The van der Waals surface area contributed by atoms with Gasteiger partial charge >= 0.3 is 5.97 Å². The first kappa shape index (κ1) is 15.7. The summed E-state index contributed by atoms with van der Waals surface area (Å²) in [5, 5.41) is 5.52. The number of anilines is 2. The van der Waals surface area contributed by atoms with E-state index in [0.717, 1.165) is 6.42 Å². The van der Waals surface area contributed by atoms with Crippen molar-refractivity contribution >= 4 is 23.4 Å². The summed E-state index contributed by atoms with van der Waals surface area (Å²) >= 11 is 0. The van der Waals surface area contributed by atoms with E-state index in [1.165, 1.54) is 12.3 Å². The molecule has 1 aromatic rings. The molecule has 0 aliphatic heterocycles. The van der Waals surface area contributed by atoms with E-state index >= 15 is 0 Å². The number of carbonyl (C=O) groups excluding carboxylic acids is 2. The third-order valence-electron chi connectivity index (χ3n) is 2.47. The van der Waals surface area contributed by atoms with Gasteiger partial charge in [0, 0.05) is 12.7 Å². The van der Waals surface area contributed by atoms with Crippen LogP contribution < -0.4 is 16.4 Å². The fourth-order valence-corrected chi connectivity index (χ4v) is 1.49. The Morgan fingerprint density at radius 1 is 1.40 bits per heavy atom. The molecular formula is C13H20N4O3. The lowest BCUT2D eigenvalue weighted by molar-refractivity contribution is -0.119. The van der Waals surface area contributed by atoms with E-state index in [1.807, 2.05) is 6.92 Å². The summed E-state index contributed by atoms with van der Waals surface area (Å²) in [7, 11) is 0. The number of carbonyl (C=O) groups is 2. The van der Waals surface area contributed by atoms with Crippen molar-refractivity contribution in [3.8, 4) is 0 Å². The van der Waals surface area contributed by atoms with Gasteiger partial charge < -0.3 is 21.1 Å². The van der Waals surface area contributed by atoms with Gasteiger partial charge in [0.1, 0.15) is 5.82 Å². The fourth-order valence-electron chi connectivity index (χ4n) is 1.49. The Kier molecular flexibility index (Phi) is 6.28. The monoisotopic (exact) mass is 280 g/mol. The molecule has 0 radical (unpaired) electrons. The quantitative estimate of drug-likeness (QED) is 0.637. The minimum absolute atomic E-state index is 0.0451. The van der Waals surface area contributed by atoms with Crippen LogP contribution in [0.3, 0.4) is 0 Å². The predicted molar refractivity (Wildman–Crippen MR) is 76.4 cm³/mol. The van der Waals surface area contributed by atoms with Crippen LogP contribution in [0.2, 0.25) is 0 Å². The number of rotatable bonds is 7. The summed E-state index contributed by atoms with van der Waals surface area (Å²) in [6.07, 6.45) is 2.30. The van der Waals surface area contributed by atoms with Crippen molar-refractivity contribution in [2.45, 2.75) is 20.3 Å². The number of pyridine rings is 1. The van der Waals surface area contributed by atoms with Gasteiger partial charge in [0.15, 0.2) is 0 Å². The molecule has 0 aliphatic rings. The maximum atomic E-state index is 11.7. The number of esters is 1. The molecular weight excluding hydrogens is 260 g/mol. The van der Waals surface area contributed by atoms with E-state index in [4.69, 9.17) is 10.5 Å². The standard InChI is InChI=1S/C13H20N4O3/c1-3-6-15-10(18)8-17-12-11(14)9(5-7-16-12)13(19)20-4-2/h5,7H,3-4,6,8,14H2,1-2H3,(H,15,18)(H,16,17). The minimum atomic E-state index is -0.508. The molecule has 0 fully saturated rings. The Balaban J connectivity index is 2.69. The van der Waals surface area contributed by atoms with Gasteiger partial charge in [-0.3, -0.25) is 4.79 Å². The third kappa shape index (κ3) is 4.42.